The van der Waals surface area contributed by atoms with Crippen molar-refractivity contribution in [3.05, 3.63) is 23.2 Å². The van der Waals surface area contributed by atoms with Gasteiger partial charge in [-0.2, -0.15) is 5.26 Å². The molecule has 46 valence electrons. The Hall–Kier alpha value is -0.730. The molecule has 0 spiro atoms. The van der Waals surface area contributed by atoms with Gasteiger partial charge in [-0.1, -0.05) is 12.1 Å². The van der Waals surface area contributed by atoms with Crippen molar-refractivity contribution in [2.75, 3.05) is 0 Å². The van der Waals surface area contributed by atoms with Crippen LogP contribution in [0.2, 0.25) is 0 Å². The number of nitriles is 1. The molecular formula is C7H8NP. The molecule has 1 rings (SSSR count). The lowest BCUT2D eigenvalue weighted by molar-refractivity contribution is 1.04. The summed E-state index contributed by atoms with van der Waals surface area (Å²) in [5, 5.41) is 9.65. The van der Waals surface area contributed by atoms with Gasteiger partial charge in [0, 0.05) is 6.42 Å². The van der Waals surface area contributed by atoms with E-state index >= 15 is 0 Å². The van der Waals surface area contributed by atoms with Gasteiger partial charge in [-0.15, -0.1) is 8.19 Å². The molecule has 1 aromatic rings. The van der Waals surface area contributed by atoms with E-state index in [2.05, 4.69) is 24.0 Å². The fourth-order valence-electron chi connectivity index (χ4n) is 0.714. The first kappa shape index (κ1) is 6.39. The van der Waals surface area contributed by atoms with Crippen LogP contribution in [0.15, 0.2) is 17.9 Å². The molecule has 0 aliphatic carbocycles. The maximum absolute atomic E-state index is 8.23. The van der Waals surface area contributed by atoms with Crippen LogP contribution in [0.4, 0.5) is 0 Å². The number of rotatable bonds is 2. The number of nitrogens with zero attached hydrogens (tertiary/aromatic N) is 1. The summed E-state index contributed by atoms with van der Waals surface area (Å²) in [6, 6.07) is 6.30. The van der Waals surface area contributed by atoms with E-state index in [4.69, 9.17) is 5.26 Å². The lowest BCUT2D eigenvalue weighted by Gasteiger charge is -1.85. The van der Waals surface area contributed by atoms with Crippen molar-refractivity contribution in [1.29, 1.82) is 5.26 Å². The highest BCUT2D eigenvalue weighted by Gasteiger charge is 1.88. The number of aryl methyl sites for hydroxylation is 1. The summed E-state index contributed by atoms with van der Waals surface area (Å²) >= 11 is 0. The minimum absolute atomic E-state index is 0.667. The van der Waals surface area contributed by atoms with E-state index < -0.39 is 0 Å². The highest BCUT2D eigenvalue weighted by molar-refractivity contribution is 7.30. The smallest absolute Gasteiger partial charge is 0.0625 e. The quantitative estimate of drug-likeness (QED) is 0.612. The summed E-state index contributed by atoms with van der Waals surface area (Å²) in [7, 11) is 0.839. The second-order valence-corrected chi connectivity index (χ2v) is 3.12. The second kappa shape index (κ2) is 3.33. The Bertz CT molecular complexity index is 195. The Morgan fingerprint density at radius 2 is 2.56 bits per heavy atom. The topological polar surface area (TPSA) is 23.8 Å². The maximum atomic E-state index is 8.23. The van der Waals surface area contributed by atoms with Gasteiger partial charge in [0.2, 0.25) is 0 Å². The third-order valence-corrected chi connectivity index (χ3v) is 2.32. The maximum Gasteiger partial charge on any atom is 0.0625 e. The largest absolute Gasteiger partial charge is 0.198 e. The van der Waals surface area contributed by atoms with Gasteiger partial charge in [0.05, 0.1) is 6.07 Å². The lowest BCUT2D eigenvalue weighted by Crippen LogP contribution is -1.73. The number of hydrogen-bond donors (Lipinski definition) is 0. The third kappa shape index (κ3) is 1.91. The Morgan fingerprint density at radius 1 is 1.67 bits per heavy atom. The van der Waals surface area contributed by atoms with Crippen molar-refractivity contribution in [3.63, 3.8) is 0 Å². The van der Waals surface area contributed by atoms with Gasteiger partial charge in [-0.05, 0) is 17.5 Å². The van der Waals surface area contributed by atoms with E-state index in [0.29, 0.717) is 6.42 Å². The molecule has 0 saturated heterocycles. The average molecular weight is 137 g/mol. The molecule has 2 heteroatoms. The van der Waals surface area contributed by atoms with Crippen LogP contribution in [-0.2, 0) is 6.42 Å². The zero-order valence-corrected chi connectivity index (χ0v) is 6.09. The van der Waals surface area contributed by atoms with E-state index in [1.807, 2.05) is 0 Å². The van der Waals surface area contributed by atoms with Crippen molar-refractivity contribution in [2.24, 2.45) is 0 Å². The van der Waals surface area contributed by atoms with E-state index in [1.54, 1.807) is 0 Å². The van der Waals surface area contributed by atoms with Gasteiger partial charge in [0.15, 0.2) is 0 Å². The molecule has 0 bridgehead atoms. The first-order valence-corrected chi connectivity index (χ1v) is 4.00. The van der Waals surface area contributed by atoms with Gasteiger partial charge in [-0.3, -0.25) is 0 Å². The molecule has 0 N–H and O–H groups in total. The molecule has 1 nitrogen and oxygen atoms in total. The van der Waals surface area contributed by atoms with E-state index in [-0.39, 0.29) is 0 Å². The SMILES string of the molecule is N#CCCc1ccc[pH]1. The Morgan fingerprint density at radius 3 is 3.11 bits per heavy atom. The van der Waals surface area contributed by atoms with Crippen molar-refractivity contribution in [3.8, 4) is 6.07 Å². The van der Waals surface area contributed by atoms with Crippen LogP contribution in [-0.4, -0.2) is 0 Å². The summed E-state index contributed by atoms with van der Waals surface area (Å²) in [4.78, 5) is 0. The summed E-state index contributed by atoms with van der Waals surface area (Å²) in [6.45, 7) is 0. The van der Waals surface area contributed by atoms with Crippen LogP contribution in [0.1, 0.15) is 11.7 Å². The Labute approximate surface area is 56.4 Å². The summed E-state index contributed by atoms with van der Waals surface area (Å²) in [6.07, 6.45) is 1.63. The molecule has 1 atom stereocenters. The molecule has 0 aromatic carbocycles. The van der Waals surface area contributed by atoms with E-state index in [0.717, 1.165) is 14.6 Å². The van der Waals surface area contributed by atoms with Crippen LogP contribution >= 0.6 is 8.19 Å². The van der Waals surface area contributed by atoms with Gasteiger partial charge >= 0.3 is 0 Å². The minimum Gasteiger partial charge on any atom is -0.198 e. The predicted molar refractivity (Wildman–Crippen MR) is 39.9 cm³/mol. The van der Waals surface area contributed by atoms with Crippen LogP contribution < -0.4 is 0 Å². The van der Waals surface area contributed by atoms with Crippen molar-refractivity contribution >= 4 is 8.19 Å². The summed E-state index contributed by atoms with van der Waals surface area (Å²) < 4.78 is 0. The molecule has 0 radical (unpaired) electrons. The zero-order chi connectivity index (χ0) is 6.53. The summed E-state index contributed by atoms with van der Waals surface area (Å²) in [5.41, 5.74) is 0. The summed E-state index contributed by atoms with van der Waals surface area (Å²) in [5.74, 6) is 2.15. The highest BCUT2D eigenvalue weighted by atomic mass is 31.0. The van der Waals surface area contributed by atoms with Crippen LogP contribution in [0, 0.1) is 11.3 Å². The predicted octanol–water partition coefficient (Wildman–Crippen LogP) is 2.17. The van der Waals surface area contributed by atoms with Crippen LogP contribution in [0.3, 0.4) is 0 Å². The van der Waals surface area contributed by atoms with Crippen molar-refractivity contribution < 1.29 is 0 Å². The third-order valence-electron chi connectivity index (χ3n) is 1.17. The zero-order valence-electron chi connectivity index (χ0n) is 5.09. The molecule has 0 aliphatic heterocycles. The highest BCUT2D eigenvalue weighted by Crippen LogP contribution is 2.15. The van der Waals surface area contributed by atoms with Gasteiger partial charge in [0.25, 0.3) is 0 Å². The Balaban J connectivity index is 2.41. The van der Waals surface area contributed by atoms with Gasteiger partial charge < -0.3 is 0 Å². The first-order valence-electron chi connectivity index (χ1n) is 2.92. The number of hydrogen-bond acceptors (Lipinski definition) is 1. The normalized spacial score (nSPS) is 9.67. The molecule has 1 unspecified atom stereocenters. The van der Waals surface area contributed by atoms with Gasteiger partial charge in [0.1, 0.15) is 0 Å². The monoisotopic (exact) mass is 137 g/mol. The molecular weight excluding hydrogens is 129 g/mol. The second-order valence-electron chi connectivity index (χ2n) is 1.85. The standard InChI is InChI=1S/C7H8NP/c8-5-1-3-7-4-2-6-9-7/h2,4,6,9H,1,3H2. The fraction of sp³-hybridized carbons (Fsp3) is 0.286. The van der Waals surface area contributed by atoms with E-state index in [9.17, 15) is 0 Å². The van der Waals surface area contributed by atoms with Crippen LogP contribution in [0.5, 0.6) is 0 Å². The minimum atomic E-state index is 0.667. The van der Waals surface area contributed by atoms with Crippen LogP contribution in [0.25, 0.3) is 0 Å². The lowest BCUT2D eigenvalue weighted by atomic mass is 10.3. The average Bonchev–Trinajstić information content (AvgIpc) is 2.34. The molecule has 0 amide bonds. The molecule has 1 aromatic heterocycles. The van der Waals surface area contributed by atoms with Crippen molar-refractivity contribution in [1.82, 2.24) is 0 Å². The molecule has 1 heterocycles. The first-order chi connectivity index (χ1) is 4.43. The molecule has 0 fully saturated rings. The fourth-order valence-corrected chi connectivity index (χ4v) is 1.58. The molecule has 0 saturated carbocycles. The molecule has 0 aliphatic rings. The van der Waals surface area contributed by atoms with Crippen molar-refractivity contribution in [2.45, 2.75) is 12.8 Å². The molecule has 9 heavy (non-hydrogen) atoms. The van der Waals surface area contributed by atoms with E-state index in [1.165, 1.54) is 5.30 Å². The van der Waals surface area contributed by atoms with Gasteiger partial charge in [-0.25, -0.2) is 0 Å². The Kier molecular flexibility index (Phi) is 2.36.